The monoisotopic (exact) mass is 262 g/mol. The number of nitrogens with one attached hydrogen (secondary N) is 1. The highest BCUT2D eigenvalue weighted by Gasteiger charge is 2.24. The summed E-state index contributed by atoms with van der Waals surface area (Å²) in [5, 5.41) is 5.00. The summed E-state index contributed by atoms with van der Waals surface area (Å²) >= 11 is 1.46. The SMILES string of the molecule is COC(=O)c1nc(-c2cscn2)nc2c1CNC2. The van der Waals surface area contributed by atoms with Crippen molar-refractivity contribution in [3.05, 3.63) is 27.8 Å². The summed E-state index contributed by atoms with van der Waals surface area (Å²) in [5.41, 5.74) is 4.38. The first-order valence-electron chi connectivity index (χ1n) is 5.37. The third-order valence-corrected chi connectivity index (χ3v) is 3.31. The molecule has 7 heteroatoms. The van der Waals surface area contributed by atoms with Gasteiger partial charge in [0.05, 0.1) is 18.3 Å². The fraction of sp³-hybridized carbons (Fsp3) is 0.273. The molecule has 0 bridgehead atoms. The van der Waals surface area contributed by atoms with Crippen LogP contribution >= 0.6 is 11.3 Å². The summed E-state index contributed by atoms with van der Waals surface area (Å²) in [6.07, 6.45) is 0. The van der Waals surface area contributed by atoms with E-state index in [4.69, 9.17) is 4.74 Å². The van der Waals surface area contributed by atoms with Crippen LogP contribution in [0.3, 0.4) is 0 Å². The molecule has 0 aromatic carbocycles. The molecule has 6 nitrogen and oxygen atoms in total. The van der Waals surface area contributed by atoms with Gasteiger partial charge in [0, 0.05) is 24.0 Å². The molecular weight excluding hydrogens is 252 g/mol. The van der Waals surface area contributed by atoms with Crippen molar-refractivity contribution < 1.29 is 9.53 Å². The van der Waals surface area contributed by atoms with Crippen LogP contribution in [0.1, 0.15) is 21.7 Å². The molecule has 2 aromatic rings. The average Bonchev–Trinajstić information content (AvgIpc) is 3.06. The van der Waals surface area contributed by atoms with Crippen molar-refractivity contribution in [2.45, 2.75) is 13.1 Å². The fourth-order valence-corrected chi connectivity index (χ4v) is 2.40. The molecule has 1 N–H and O–H groups in total. The fourth-order valence-electron chi connectivity index (χ4n) is 1.87. The van der Waals surface area contributed by atoms with Crippen LogP contribution in [0.25, 0.3) is 11.5 Å². The maximum atomic E-state index is 11.7. The number of hydrogen-bond acceptors (Lipinski definition) is 7. The van der Waals surface area contributed by atoms with Crippen molar-refractivity contribution in [2.75, 3.05) is 7.11 Å². The van der Waals surface area contributed by atoms with Gasteiger partial charge in [-0.3, -0.25) is 0 Å². The number of rotatable bonds is 2. The standard InChI is InChI=1S/C11H10N4O2S/c1-17-11(16)9-6-2-12-3-7(6)14-10(15-9)8-4-18-5-13-8/h4-5,12H,2-3H2,1H3. The van der Waals surface area contributed by atoms with Crippen molar-refractivity contribution in [1.82, 2.24) is 20.3 Å². The van der Waals surface area contributed by atoms with Gasteiger partial charge in [0.25, 0.3) is 0 Å². The van der Waals surface area contributed by atoms with Crippen molar-refractivity contribution >= 4 is 17.3 Å². The molecule has 0 aliphatic carbocycles. The molecule has 1 aliphatic rings. The molecule has 18 heavy (non-hydrogen) atoms. The van der Waals surface area contributed by atoms with Crippen molar-refractivity contribution in [2.24, 2.45) is 0 Å². The van der Waals surface area contributed by atoms with Crippen molar-refractivity contribution in [1.29, 1.82) is 0 Å². The topological polar surface area (TPSA) is 77.0 Å². The van der Waals surface area contributed by atoms with E-state index in [1.165, 1.54) is 18.4 Å². The molecule has 3 rings (SSSR count). The second-order valence-electron chi connectivity index (χ2n) is 3.79. The summed E-state index contributed by atoms with van der Waals surface area (Å²) in [6.45, 7) is 1.23. The molecule has 0 spiro atoms. The average molecular weight is 262 g/mol. The number of thiazole rings is 1. The number of methoxy groups -OCH3 is 1. The molecule has 0 fully saturated rings. The molecule has 3 heterocycles. The van der Waals surface area contributed by atoms with Gasteiger partial charge in [-0.05, 0) is 0 Å². The Balaban J connectivity index is 2.16. The third kappa shape index (κ3) is 1.77. The lowest BCUT2D eigenvalue weighted by atomic mass is 10.2. The van der Waals surface area contributed by atoms with Crippen LogP contribution in [0.5, 0.6) is 0 Å². The molecule has 1 aliphatic heterocycles. The number of hydrogen-bond donors (Lipinski definition) is 1. The zero-order valence-corrected chi connectivity index (χ0v) is 10.5. The molecule has 0 unspecified atom stereocenters. The minimum Gasteiger partial charge on any atom is -0.464 e. The number of ether oxygens (including phenoxy) is 1. The van der Waals surface area contributed by atoms with Gasteiger partial charge in [-0.15, -0.1) is 11.3 Å². The summed E-state index contributed by atoms with van der Waals surface area (Å²) < 4.78 is 4.76. The first-order valence-corrected chi connectivity index (χ1v) is 6.31. The lowest BCUT2D eigenvalue weighted by Crippen LogP contribution is -2.11. The van der Waals surface area contributed by atoms with Gasteiger partial charge in [-0.25, -0.2) is 19.7 Å². The van der Waals surface area contributed by atoms with E-state index in [0.29, 0.717) is 30.3 Å². The highest BCUT2D eigenvalue weighted by Crippen LogP contribution is 2.22. The third-order valence-electron chi connectivity index (χ3n) is 2.73. The second kappa shape index (κ2) is 4.43. The van der Waals surface area contributed by atoms with Crippen LogP contribution in [0.4, 0.5) is 0 Å². The zero-order chi connectivity index (χ0) is 12.5. The Morgan fingerprint density at radius 3 is 3.06 bits per heavy atom. The van der Waals surface area contributed by atoms with Crippen molar-refractivity contribution in [3.8, 4) is 11.5 Å². The van der Waals surface area contributed by atoms with Gasteiger partial charge in [-0.1, -0.05) is 0 Å². The van der Waals surface area contributed by atoms with E-state index in [2.05, 4.69) is 20.3 Å². The van der Waals surface area contributed by atoms with Crippen LogP contribution in [0, 0.1) is 0 Å². The van der Waals surface area contributed by atoms with Crippen LogP contribution in [0.15, 0.2) is 10.9 Å². The maximum absolute atomic E-state index is 11.7. The van der Waals surface area contributed by atoms with E-state index in [-0.39, 0.29) is 0 Å². The molecule has 0 saturated heterocycles. The summed E-state index contributed by atoms with van der Waals surface area (Å²) in [5.74, 6) is 0.0351. The largest absolute Gasteiger partial charge is 0.464 e. The highest BCUT2D eigenvalue weighted by atomic mass is 32.1. The predicted octanol–water partition coefficient (Wildman–Crippen LogP) is 0.990. The Labute approximate surface area is 107 Å². The lowest BCUT2D eigenvalue weighted by Gasteiger charge is -2.06. The molecule has 0 atom stereocenters. The molecule has 0 radical (unpaired) electrons. The van der Waals surface area contributed by atoms with Crippen LogP contribution in [0.2, 0.25) is 0 Å². The van der Waals surface area contributed by atoms with E-state index >= 15 is 0 Å². The van der Waals surface area contributed by atoms with E-state index in [1.54, 1.807) is 5.51 Å². The van der Waals surface area contributed by atoms with Crippen LogP contribution < -0.4 is 5.32 Å². The van der Waals surface area contributed by atoms with Gasteiger partial charge < -0.3 is 10.1 Å². The second-order valence-corrected chi connectivity index (χ2v) is 4.51. The molecular formula is C11H10N4O2S. The normalized spacial score (nSPS) is 13.4. The summed E-state index contributed by atoms with van der Waals surface area (Å²) in [6, 6.07) is 0. The number of aromatic nitrogens is 3. The molecule has 0 saturated carbocycles. The minimum absolute atomic E-state index is 0.329. The van der Waals surface area contributed by atoms with E-state index in [9.17, 15) is 4.79 Å². The number of esters is 1. The quantitative estimate of drug-likeness (QED) is 0.813. The molecule has 92 valence electrons. The number of carbonyl (C=O) groups is 1. The summed E-state index contributed by atoms with van der Waals surface area (Å²) in [7, 11) is 1.35. The smallest absolute Gasteiger partial charge is 0.357 e. The maximum Gasteiger partial charge on any atom is 0.357 e. The molecule has 0 amide bonds. The van der Waals surface area contributed by atoms with Gasteiger partial charge in [0.1, 0.15) is 5.69 Å². The van der Waals surface area contributed by atoms with Gasteiger partial charge in [0.2, 0.25) is 0 Å². The number of carbonyl (C=O) groups excluding carboxylic acids is 1. The molecule has 2 aromatic heterocycles. The Kier molecular flexibility index (Phi) is 2.77. The van der Waals surface area contributed by atoms with E-state index in [0.717, 1.165) is 11.3 Å². The zero-order valence-electron chi connectivity index (χ0n) is 9.64. The Morgan fingerprint density at radius 1 is 1.44 bits per heavy atom. The predicted molar refractivity (Wildman–Crippen MR) is 65.0 cm³/mol. The highest BCUT2D eigenvalue weighted by molar-refractivity contribution is 7.07. The van der Waals surface area contributed by atoms with Crippen LogP contribution in [-0.2, 0) is 17.8 Å². The Morgan fingerprint density at radius 2 is 2.33 bits per heavy atom. The van der Waals surface area contributed by atoms with Crippen molar-refractivity contribution in [3.63, 3.8) is 0 Å². The lowest BCUT2D eigenvalue weighted by molar-refractivity contribution is 0.0592. The number of nitrogens with zero attached hydrogens (tertiary/aromatic N) is 3. The van der Waals surface area contributed by atoms with Gasteiger partial charge in [-0.2, -0.15) is 0 Å². The first-order chi connectivity index (χ1) is 8.79. The number of fused-ring (bicyclic) bond motifs is 1. The Hall–Kier alpha value is -1.86. The van der Waals surface area contributed by atoms with Gasteiger partial charge in [0.15, 0.2) is 11.5 Å². The summed E-state index contributed by atoms with van der Waals surface area (Å²) in [4.78, 5) is 24.6. The van der Waals surface area contributed by atoms with E-state index in [1.807, 2.05) is 5.38 Å². The van der Waals surface area contributed by atoms with Crippen LogP contribution in [-0.4, -0.2) is 28.0 Å². The first kappa shape index (κ1) is 11.2. The van der Waals surface area contributed by atoms with Gasteiger partial charge >= 0.3 is 5.97 Å². The minimum atomic E-state index is -0.436. The van der Waals surface area contributed by atoms with E-state index < -0.39 is 5.97 Å². The Bertz CT molecular complexity index is 597.